The van der Waals surface area contributed by atoms with E-state index in [1.165, 1.54) is 5.56 Å². The van der Waals surface area contributed by atoms with E-state index in [0.29, 0.717) is 18.6 Å². The molecule has 2 bridgehead atoms. The average molecular weight is 361 g/mol. The molecule has 1 aromatic heterocycles. The molecule has 1 aromatic carbocycles. The molecule has 1 N–H and O–H groups in total. The van der Waals surface area contributed by atoms with Gasteiger partial charge in [0.2, 0.25) is 0 Å². The van der Waals surface area contributed by atoms with Crippen LogP contribution in [0.15, 0.2) is 36.5 Å². The highest BCUT2D eigenvalue weighted by Gasteiger charge is 2.39. The lowest BCUT2D eigenvalue weighted by Crippen LogP contribution is -2.42. The molecular formula is C19H25ClN4O. The molecule has 2 unspecified atom stereocenters. The Bertz CT molecular complexity index is 716. The molecule has 0 spiro atoms. The predicted molar refractivity (Wildman–Crippen MR) is 100 cm³/mol. The lowest BCUT2D eigenvalue weighted by molar-refractivity contribution is 0.0679. The third-order valence-electron chi connectivity index (χ3n) is 5.40. The lowest BCUT2D eigenvalue weighted by Gasteiger charge is -2.27. The van der Waals surface area contributed by atoms with Gasteiger partial charge in [-0.15, -0.1) is 12.4 Å². The van der Waals surface area contributed by atoms with Crippen LogP contribution in [0.3, 0.4) is 0 Å². The van der Waals surface area contributed by atoms with E-state index in [-0.39, 0.29) is 18.3 Å². The van der Waals surface area contributed by atoms with E-state index in [9.17, 15) is 4.79 Å². The Kier molecular flexibility index (Phi) is 5.45. The molecule has 6 heteroatoms. The first kappa shape index (κ1) is 18.0. The van der Waals surface area contributed by atoms with Gasteiger partial charge < -0.3 is 10.2 Å². The van der Waals surface area contributed by atoms with Gasteiger partial charge in [-0.05, 0) is 38.3 Å². The van der Waals surface area contributed by atoms with Crippen LogP contribution in [0.2, 0.25) is 0 Å². The second kappa shape index (κ2) is 7.58. The highest BCUT2D eigenvalue weighted by atomic mass is 35.5. The van der Waals surface area contributed by atoms with Gasteiger partial charge in [0.05, 0.1) is 18.3 Å². The number of nitrogens with one attached hydrogen (secondary N) is 1. The maximum absolute atomic E-state index is 13.1. The van der Waals surface area contributed by atoms with E-state index in [2.05, 4.69) is 27.4 Å². The van der Waals surface area contributed by atoms with Gasteiger partial charge in [0.15, 0.2) is 0 Å². The monoisotopic (exact) mass is 360 g/mol. The van der Waals surface area contributed by atoms with E-state index in [1.54, 1.807) is 6.20 Å². The lowest BCUT2D eigenvalue weighted by atomic mass is 10.1. The molecule has 0 aliphatic carbocycles. The minimum absolute atomic E-state index is 0. The van der Waals surface area contributed by atoms with Crippen molar-refractivity contribution in [1.29, 1.82) is 0 Å². The van der Waals surface area contributed by atoms with Gasteiger partial charge >= 0.3 is 0 Å². The van der Waals surface area contributed by atoms with Crippen LogP contribution in [0.25, 0.3) is 0 Å². The Hall–Kier alpha value is -1.85. The SMILES string of the molecule is Cc1c(C(=O)N2C3CCNCC2CC3)cnn1Cc1ccccc1.Cl. The third kappa shape index (κ3) is 3.44. The number of aromatic nitrogens is 2. The Labute approximate surface area is 154 Å². The van der Waals surface area contributed by atoms with E-state index in [1.807, 2.05) is 29.8 Å². The van der Waals surface area contributed by atoms with Crippen LogP contribution in [0.4, 0.5) is 0 Å². The van der Waals surface area contributed by atoms with Gasteiger partial charge in [-0.1, -0.05) is 30.3 Å². The molecule has 134 valence electrons. The second-order valence-corrected chi connectivity index (χ2v) is 6.88. The number of halogens is 1. The number of nitrogens with zero attached hydrogens (tertiary/aromatic N) is 3. The fraction of sp³-hybridized carbons (Fsp3) is 0.474. The molecule has 2 aromatic rings. The van der Waals surface area contributed by atoms with Crippen molar-refractivity contribution in [1.82, 2.24) is 20.0 Å². The summed E-state index contributed by atoms with van der Waals surface area (Å²) in [6.45, 7) is 4.63. The second-order valence-electron chi connectivity index (χ2n) is 6.88. The van der Waals surface area contributed by atoms with Gasteiger partial charge in [-0.2, -0.15) is 5.10 Å². The van der Waals surface area contributed by atoms with Crippen molar-refractivity contribution in [2.45, 2.75) is 44.8 Å². The molecule has 3 heterocycles. The Morgan fingerprint density at radius 1 is 1.20 bits per heavy atom. The van der Waals surface area contributed by atoms with Gasteiger partial charge in [0, 0.05) is 24.3 Å². The van der Waals surface area contributed by atoms with E-state index in [0.717, 1.165) is 43.6 Å². The van der Waals surface area contributed by atoms with Crippen molar-refractivity contribution in [3.8, 4) is 0 Å². The van der Waals surface area contributed by atoms with Crippen molar-refractivity contribution in [2.75, 3.05) is 13.1 Å². The Balaban J connectivity index is 0.00000182. The maximum atomic E-state index is 13.1. The molecule has 25 heavy (non-hydrogen) atoms. The van der Waals surface area contributed by atoms with Gasteiger partial charge in [-0.3, -0.25) is 9.48 Å². The number of hydrogen-bond donors (Lipinski definition) is 1. The first-order valence-electron chi connectivity index (χ1n) is 8.84. The normalized spacial score (nSPS) is 22.4. The third-order valence-corrected chi connectivity index (χ3v) is 5.40. The maximum Gasteiger partial charge on any atom is 0.257 e. The van der Waals surface area contributed by atoms with E-state index >= 15 is 0 Å². The molecule has 2 aliphatic rings. The van der Waals surface area contributed by atoms with Crippen LogP contribution < -0.4 is 5.32 Å². The minimum atomic E-state index is 0. The molecule has 2 atom stereocenters. The van der Waals surface area contributed by atoms with E-state index in [4.69, 9.17) is 0 Å². The predicted octanol–water partition coefficient (Wildman–Crippen LogP) is 2.63. The van der Waals surface area contributed by atoms with Crippen molar-refractivity contribution in [2.24, 2.45) is 0 Å². The molecular weight excluding hydrogens is 336 g/mol. The van der Waals surface area contributed by atoms with Crippen LogP contribution in [-0.2, 0) is 6.54 Å². The number of benzene rings is 1. The van der Waals surface area contributed by atoms with E-state index < -0.39 is 0 Å². The first-order chi connectivity index (χ1) is 11.7. The minimum Gasteiger partial charge on any atom is -0.331 e. The Morgan fingerprint density at radius 3 is 2.76 bits per heavy atom. The smallest absolute Gasteiger partial charge is 0.257 e. The highest BCUT2D eigenvalue weighted by molar-refractivity contribution is 5.95. The number of rotatable bonds is 3. The van der Waals surface area contributed by atoms with Crippen LogP contribution in [-0.4, -0.2) is 45.8 Å². The highest BCUT2D eigenvalue weighted by Crippen LogP contribution is 2.30. The molecule has 2 fully saturated rings. The molecule has 2 saturated heterocycles. The number of fused-ring (bicyclic) bond motifs is 2. The van der Waals surface area contributed by atoms with Gasteiger partial charge in [0.1, 0.15) is 0 Å². The largest absolute Gasteiger partial charge is 0.331 e. The summed E-state index contributed by atoms with van der Waals surface area (Å²) in [6, 6.07) is 11.0. The summed E-state index contributed by atoms with van der Waals surface area (Å²) in [5.74, 6) is 0.156. The molecule has 2 aliphatic heterocycles. The first-order valence-corrected chi connectivity index (χ1v) is 8.84. The summed E-state index contributed by atoms with van der Waals surface area (Å²) in [7, 11) is 0. The van der Waals surface area contributed by atoms with Crippen molar-refractivity contribution >= 4 is 18.3 Å². The zero-order chi connectivity index (χ0) is 16.5. The van der Waals surface area contributed by atoms with Crippen LogP contribution in [0, 0.1) is 6.92 Å². The number of carbonyl (C=O) groups excluding carboxylic acids is 1. The van der Waals surface area contributed by atoms with Crippen LogP contribution in [0.5, 0.6) is 0 Å². The summed E-state index contributed by atoms with van der Waals surface area (Å²) in [4.78, 5) is 15.3. The fourth-order valence-electron chi connectivity index (χ4n) is 4.03. The average Bonchev–Trinajstić information content (AvgIpc) is 3.07. The number of carbonyl (C=O) groups is 1. The standard InChI is InChI=1S/C19H24N4O.ClH/c1-14-18(12-21-22(14)13-15-5-3-2-4-6-15)19(24)23-16-7-8-17(23)11-20-10-9-16;/h2-6,12,16-17,20H,7-11,13H2,1H3;1H. The summed E-state index contributed by atoms with van der Waals surface area (Å²) in [6.07, 6.45) is 5.05. The molecule has 1 amide bonds. The van der Waals surface area contributed by atoms with Crippen molar-refractivity contribution < 1.29 is 4.79 Å². The zero-order valence-electron chi connectivity index (χ0n) is 14.5. The Morgan fingerprint density at radius 2 is 1.96 bits per heavy atom. The van der Waals surface area contributed by atoms with Gasteiger partial charge in [-0.25, -0.2) is 0 Å². The topological polar surface area (TPSA) is 50.2 Å². The molecule has 0 radical (unpaired) electrons. The zero-order valence-corrected chi connectivity index (χ0v) is 15.3. The molecule has 4 rings (SSSR count). The number of hydrogen-bond acceptors (Lipinski definition) is 3. The summed E-state index contributed by atoms with van der Waals surface area (Å²) < 4.78 is 1.93. The summed E-state index contributed by atoms with van der Waals surface area (Å²) in [5.41, 5.74) is 2.91. The van der Waals surface area contributed by atoms with Crippen LogP contribution in [0.1, 0.15) is 40.9 Å². The molecule has 5 nitrogen and oxygen atoms in total. The van der Waals surface area contributed by atoms with Crippen molar-refractivity contribution in [3.63, 3.8) is 0 Å². The molecule has 0 saturated carbocycles. The summed E-state index contributed by atoms with van der Waals surface area (Å²) in [5, 5.41) is 7.93. The number of amides is 1. The summed E-state index contributed by atoms with van der Waals surface area (Å²) >= 11 is 0. The van der Waals surface area contributed by atoms with Crippen molar-refractivity contribution in [3.05, 3.63) is 53.3 Å². The van der Waals surface area contributed by atoms with Crippen LogP contribution >= 0.6 is 12.4 Å². The van der Waals surface area contributed by atoms with Gasteiger partial charge in [0.25, 0.3) is 5.91 Å². The quantitative estimate of drug-likeness (QED) is 0.915. The fourth-order valence-corrected chi connectivity index (χ4v) is 4.03.